The minimum Gasteiger partial charge on any atom is -0.397 e. The minimum absolute atomic E-state index is 0.372. The first-order valence-corrected chi connectivity index (χ1v) is 5.74. The Morgan fingerprint density at radius 2 is 2.07 bits per heavy atom. The monoisotopic (exact) mass is 226 g/mol. The SMILES string of the molecule is CCC(C)C(C)Nc1c(N)cccc1Cl. The molecular weight excluding hydrogens is 208 g/mol. The van der Waals surface area contributed by atoms with E-state index in [2.05, 4.69) is 26.1 Å². The fourth-order valence-electron chi connectivity index (χ4n) is 1.42. The smallest absolute Gasteiger partial charge is 0.0765 e. The molecule has 0 amide bonds. The summed E-state index contributed by atoms with van der Waals surface area (Å²) >= 11 is 6.08. The van der Waals surface area contributed by atoms with Gasteiger partial charge >= 0.3 is 0 Å². The molecule has 0 aromatic heterocycles. The van der Waals surface area contributed by atoms with Crippen molar-refractivity contribution in [3.8, 4) is 0 Å². The highest BCUT2D eigenvalue weighted by Crippen LogP contribution is 2.29. The highest BCUT2D eigenvalue weighted by molar-refractivity contribution is 6.33. The molecule has 0 aliphatic carbocycles. The standard InChI is InChI=1S/C12H19ClN2/c1-4-8(2)9(3)15-12-10(13)6-5-7-11(12)14/h5-9,15H,4,14H2,1-3H3. The number of nitrogens with one attached hydrogen (secondary N) is 1. The van der Waals surface area contributed by atoms with E-state index in [0.717, 1.165) is 12.1 Å². The highest BCUT2D eigenvalue weighted by atomic mass is 35.5. The molecule has 0 aliphatic heterocycles. The summed E-state index contributed by atoms with van der Waals surface area (Å²) in [6.07, 6.45) is 1.14. The third-order valence-corrected chi connectivity index (χ3v) is 3.23. The quantitative estimate of drug-likeness (QED) is 0.768. The molecule has 1 rings (SSSR count). The van der Waals surface area contributed by atoms with E-state index in [1.165, 1.54) is 0 Å². The van der Waals surface area contributed by atoms with Crippen molar-refractivity contribution in [3.05, 3.63) is 23.2 Å². The Hall–Kier alpha value is -0.890. The van der Waals surface area contributed by atoms with Crippen LogP contribution in [0.25, 0.3) is 0 Å². The zero-order valence-corrected chi connectivity index (χ0v) is 10.3. The van der Waals surface area contributed by atoms with Crippen LogP contribution in [0, 0.1) is 5.92 Å². The molecule has 0 bridgehead atoms. The summed E-state index contributed by atoms with van der Waals surface area (Å²) in [5, 5.41) is 4.06. The Morgan fingerprint density at radius 3 is 2.60 bits per heavy atom. The minimum atomic E-state index is 0.372. The zero-order chi connectivity index (χ0) is 11.4. The van der Waals surface area contributed by atoms with E-state index < -0.39 is 0 Å². The topological polar surface area (TPSA) is 38.0 Å². The van der Waals surface area contributed by atoms with Gasteiger partial charge in [0.25, 0.3) is 0 Å². The van der Waals surface area contributed by atoms with Gasteiger partial charge in [-0.25, -0.2) is 0 Å². The number of benzene rings is 1. The summed E-state index contributed by atoms with van der Waals surface area (Å²) in [5.41, 5.74) is 7.42. The molecule has 2 nitrogen and oxygen atoms in total. The third kappa shape index (κ3) is 3.03. The summed E-state index contributed by atoms with van der Waals surface area (Å²) in [5.74, 6) is 0.598. The average molecular weight is 227 g/mol. The normalized spacial score (nSPS) is 14.7. The van der Waals surface area contributed by atoms with Crippen molar-refractivity contribution in [3.63, 3.8) is 0 Å². The fourth-order valence-corrected chi connectivity index (χ4v) is 1.65. The van der Waals surface area contributed by atoms with E-state index in [9.17, 15) is 0 Å². The van der Waals surface area contributed by atoms with Gasteiger partial charge in [0.2, 0.25) is 0 Å². The number of halogens is 1. The van der Waals surface area contributed by atoms with Crippen LogP contribution in [0.5, 0.6) is 0 Å². The van der Waals surface area contributed by atoms with Crippen molar-refractivity contribution < 1.29 is 0 Å². The predicted octanol–water partition coefficient (Wildman–Crippen LogP) is 3.77. The molecule has 3 heteroatoms. The van der Waals surface area contributed by atoms with Crippen LogP contribution in [0.2, 0.25) is 5.02 Å². The molecule has 0 heterocycles. The Morgan fingerprint density at radius 1 is 1.40 bits per heavy atom. The van der Waals surface area contributed by atoms with Crippen molar-refractivity contribution >= 4 is 23.0 Å². The second-order valence-electron chi connectivity index (χ2n) is 4.02. The summed E-state index contributed by atoms with van der Waals surface area (Å²) < 4.78 is 0. The van der Waals surface area contributed by atoms with E-state index in [-0.39, 0.29) is 0 Å². The number of anilines is 2. The first-order valence-electron chi connectivity index (χ1n) is 5.36. The summed E-state index contributed by atoms with van der Waals surface area (Å²) in [7, 11) is 0. The van der Waals surface area contributed by atoms with Gasteiger partial charge in [-0.15, -0.1) is 0 Å². The molecule has 1 aromatic rings. The predicted molar refractivity (Wildman–Crippen MR) is 68.4 cm³/mol. The first-order chi connectivity index (χ1) is 7.06. The Labute approximate surface area is 96.8 Å². The van der Waals surface area contributed by atoms with E-state index in [1.54, 1.807) is 0 Å². The molecule has 2 unspecified atom stereocenters. The molecule has 0 fully saturated rings. The number of para-hydroxylation sites is 1. The van der Waals surface area contributed by atoms with Crippen molar-refractivity contribution in [2.24, 2.45) is 5.92 Å². The lowest BCUT2D eigenvalue weighted by Crippen LogP contribution is -2.23. The van der Waals surface area contributed by atoms with Crippen LogP contribution in [0.4, 0.5) is 11.4 Å². The van der Waals surface area contributed by atoms with Crippen LogP contribution in [-0.4, -0.2) is 6.04 Å². The second-order valence-corrected chi connectivity index (χ2v) is 4.43. The summed E-state index contributed by atoms with van der Waals surface area (Å²) in [6.45, 7) is 6.54. The van der Waals surface area contributed by atoms with Gasteiger partial charge in [0.05, 0.1) is 16.4 Å². The summed E-state index contributed by atoms with van der Waals surface area (Å²) in [6, 6.07) is 5.94. The lowest BCUT2D eigenvalue weighted by molar-refractivity contribution is 0.495. The van der Waals surface area contributed by atoms with E-state index >= 15 is 0 Å². The molecule has 2 atom stereocenters. The van der Waals surface area contributed by atoms with Gasteiger partial charge in [0, 0.05) is 6.04 Å². The molecule has 15 heavy (non-hydrogen) atoms. The van der Waals surface area contributed by atoms with Gasteiger partial charge in [-0.05, 0) is 25.0 Å². The second kappa shape index (κ2) is 5.26. The van der Waals surface area contributed by atoms with Gasteiger partial charge in [-0.2, -0.15) is 0 Å². The number of hydrogen-bond acceptors (Lipinski definition) is 2. The van der Waals surface area contributed by atoms with Gasteiger partial charge in [0.15, 0.2) is 0 Å². The fraction of sp³-hybridized carbons (Fsp3) is 0.500. The molecule has 1 aromatic carbocycles. The highest BCUT2D eigenvalue weighted by Gasteiger charge is 2.12. The van der Waals surface area contributed by atoms with Crippen molar-refractivity contribution in [2.45, 2.75) is 33.2 Å². The number of rotatable bonds is 4. The van der Waals surface area contributed by atoms with Gasteiger partial charge in [-0.1, -0.05) is 37.9 Å². The van der Waals surface area contributed by atoms with Crippen molar-refractivity contribution in [1.29, 1.82) is 0 Å². The third-order valence-electron chi connectivity index (χ3n) is 2.92. The van der Waals surface area contributed by atoms with Crippen LogP contribution >= 0.6 is 11.6 Å². The lowest BCUT2D eigenvalue weighted by Gasteiger charge is -2.22. The van der Waals surface area contributed by atoms with E-state index in [1.807, 2.05) is 18.2 Å². The molecule has 3 N–H and O–H groups in total. The van der Waals surface area contributed by atoms with Crippen LogP contribution in [0.15, 0.2) is 18.2 Å². The maximum atomic E-state index is 6.08. The van der Waals surface area contributed by atoms with Crippen LogP contribution in [0.3, 0.4) is 0 Å². The first kappa shape index (κ1) is 12.2. The summed E-state index contributed by atoms with van der Waals surface area (Å²) in [4.78, 5) is 0. The van der Waals surface area contributed by atoms with E-state index in [4.69, 9.17) is 17.3 Å². The molecule has 0 saturated heterocycles. The van der Waals surface area contributed by atoms with Crippen LogP contribution in [0.1, 0.15) is 27.2 Å². The van der Waals surface area contributed by atoms with Crippen LogP contribution in [-0.2, 0) is 0 Å². The van der Waals surface area contributed by atoms with Gasteiger partial charge in [-0.3, -0.25) is 0 Å². The molecule has 0 aliphatic rings. The largest absolute Gasteiger partial charge is 0.397 e. The maximum absolute atomic E-state index is 6.08. The Balaban J connectivity index is 2.80. The molecule has 0 spiro atoms. The Bertz CT molecular complexity index is 305. The van der Waals surface area contributed by atoms with Gasteiger partial charge < -0.3 is 11.1 Å². The molecule has 84 valence electrons. The molecular formula is C12H19ClN2. The van der Waals surface area contributed by atoms with Gasteiger partial charge in [0.1, 0.15) is 0 Å². The number of nitrogens with two attached hydrogens (primary N) is 1. The average Bonchev–Trinajstić information content (AvgIpc) is 2.22. The zero-order valence-electron chi connectivity index (χ0n) is 9.55. The maximum Gasteiger partial charge on any atom is 0.0765 e. The number of nitrogen functional groups attached to an aromatic ring is 1. The molecule has 0 radical (unpaired) electrons. The lowest BCUT2D eigenvalue weighted by atomic mass is 10.0. The van der Waals surface area contributed by atoms with E-state index in [0.29, 0.717) is 22.7 Å². The van der Waals surface area contributed by atoms with Crippen molar-refractivity contribution in [2.75, 3.05) is 11.1 Å². The number of hydrogen-bond donors (Lipinski definition) is 2. The molecule has 0 saturated carbocycles. The van der Waals surface area contributed by atoms with Crippen molar-refractivity contribution in [1.82, 2.24) is 0 Å². The van der Waals surface area contributed by atoms with Crippen LogP contribution < -0.4 is 11.1 Å². The Kier molecular flexibility index (Phi) is 4.28.